The summed E-state index contributed by atoms with van der Waals surface area (Å²) < 4.78 is 2.11. The molecule has 5 nitrogen and oxygen atoms in total. The van der Waals surface area contributed by atoms with Crippen LogP contribution in [0.3, 0.4) is 0 Å². The molecule has 118 valence electrons. The summed E-state index contributed by atoms with van der Waals surface area (Å²) in [5.41, 5.74) is 0. The van der Waals surface area contributed by atoms with Gasteiger partial charge in [0, 0.05) is 13.0 Å². The molecule has 21 heavy (non-hydrogen) atoms. The normalized spacial score (nSPS) is 16.2. The topological polar surface area (TPSA) is 68.0 Å². The Labute approximate surface area is 130 Å². The highest BCUT2D eigenvalue weighted by atomic mass is 32.2. The number of aromatic nitrogens is 3. The molecule has 0 saturated heterocycles. The lowest BCUT2D eigenvalue weighted by atomic mass is 9.86. The highest BCUT2D eigenvalue weighted by Gasteiger charge is 2.17. The van der Waals surface area contributed by atoms with Crippen molar-refractivity contribution in [1.29, 1.82) is 0 Å². The third-order valence-electron chi connectivity index (χ3n) is 4.07. The zero-order valence-electron chi connectivity index (χ0n) is 12.8. The highest BCUT2D eigenvalue weighted by Crippen LogP contribution is 2.28. The summed E-state index contributed by atoms with van der Waals surface area (Å²) in [6.45, 7) is 2.99. The van der Waals surface area contributed by atoms with Gasteiger partial charge in [-0.05, 0) is 18.8 Å². The molecule has 0 radical (unpaired) electrons. The van der Waals surface area contributed by atoms with E-state index in [0.29, 0.717) is 0 Å². The van der Waals surface area contributed by atoms with Crippen LogP contribution in [0.2, 0.25) is 0 Å². The Morgan fingerprint density at radius 1 is 1.33 bits per heavy atom. The maximum atomic E-state index is 10.7. The van der Waals surface area contributed by atoms with Crippen molar-refractivity contribution in [2.45, 2.75) is 70.0 Å². The van der Waals surface area contributed by atoms with Crippen molar-refractivity contribution in [3.8, 4) is 0 Å². The molecule has 0 amide bonds. The monoisotopic (exact) mass is 311 g/mol. The fraction of sp³-hybridized carbons (Fsp3) is 0.800. The summed E-state index contributed by atoms with van der Waals surface area (Å²) in [7, 11) is 0. The Morgan fingerprint density at radius 3 is 2.76 bits per heavy atom. The number of nitrogens with zero attached hydrogens (tertiary/aromatic N) is 3. The van der Waals surface area contributed by atoms with E-state index in [1.807, 2.05) is 0 Å². The average Bonchev–Trinajstić information content (AvgIpc) is 2.87. The quantitative estimate of drug-likeness (QED) is 0.745. The number of carboxylic acid groups (broad SMARTS) is 1. The fourth-order valence-electron chi connectivity index (χ4n) is 2.99. The van der Waals surface area contributed by atoms with Crippen molar-refractivity contribution in [2.75, 3.05) is 5.75 Å². The first kappa shape index (κ1) is 16.3. The SMILES string of the molecule is CCCn1c(CCC2CCCCC2)nnc1SCC(=O)O. The number of carboxylic acids is 1. The Hall–Kier alpha value is -1.04. The number of rotatable bonds is 8. The van der Waals surface area contributed by atoms with Crippen molar-refractivity contribution in [2.24, 2.45) is 5.92 Å². The number of hydrogen-bond acceptors (Lipinski definition) is 4. The molecule has 1 N–H and O–H groups in total. The Bertz CT molecular complexity index is 456. The minimum absolute atomic E-state index is 0.0461. The fourth-order valence-corrected chi connectivity index (χ4v) is 3.70. The molecule has 1 aliphatic carbocycles. The standard InChI is InChI=1S/C15H25N3O2S/c1-2-10-18-13(9-8-12-6-4-3-5-7-12)16-17-15(18)21-11-14(19)20/h12H,2-11H2,1H3,(H,19,20). The molecule has 0 unspecified atom stereocenters. The van der Waals surface area contributed by atoms with Gasteiger partial charge in [-0.15, -0.1) is 10.2 Å². The van der Waals surface area contributed by atoms with Gasteiger partial charge in [0.25, 0.3) is 0 Å². The number of aliphatic carboxylic acids is 1. The molecule has 0 atom stereocenters. The van der Waals surface area contributed by atoms with E-state index in [9.17, 15) is 4.79 Å². The molecular weight excluding hydrogens is 286 g/mol. The predicted octanol–water partition coefficient (Wildman–Crippen LogP) is 3.38. The predicted molar refractivity (Wildman–Crippen MR) is 83.6 cm³/mol. The van der Waals surface area contributed by atoms with E-state index < -0.39 is 5.97 Å². The molecule has 0 aliphatic heterocycles. The summed E-state index contributed by atoms with van der Waals surface area (Å²) in [4.78, 5) is 10.7. The van der Waals surface area contributed by atoms with E-state index in [2.05, 4.69) is 21.7 Å². The van der Waals surface area contributed by atoms with Crippen LogP contribution >= 0.6 is 11.8 Å². The molecule has 0 bridgehead atoms. The lowest BCUT2D eigenvalue weighted by Gasteiger charge is -2.21. The number of hydrogen-bond donors (Lipinski definition) is 1. The molecule has 6 heteroatoms. The van der Waals surface area contributed by atoms with Crippen molar-refractivity contribution in [3.63, 3.8) is 0 Å². The van der Waals surface area contributed by atoms with E-state index in [4.69, 9.17) is 5.11 Å². The molecule has 0 spiro atoms. The average molecular weight is 311 g/mol. The summed E-state index contributed by atoms with van der Waals surface area (Å²) in [5.74, 6) is 1.09. The molecule has 1 aromatic rings. The summed E-state index contributed by atoms with van der Waals surface area (Å²) >= 11 is 1.27. The minimum atomic E-state index is -0.810. The maximum Gasteiger partial charge on any atom is 0.313 e. The first-order valence-electron chi connectivity index (χ1n) is 7.97. The number of thioether (sulfide) groups is 1. The van der Waals surface area contributed by atoms with Gasteiger partial charge in [-0.1, -0.05) is 50.8 Å². The Kier molecular flexibility index (Phi) is 6.54. The zero-order valence-corrected chi connectivity index (χ0v) is 13.6. The summed E-state index contributed by atoms with van der Waals surface area (Å²) in [5, 5.41) is 18.0. The smallest absolute Gasteiger partial charge is 0.313 e. The van der Waals surface area contributed by atoms with Crippen LogP contribution in [0.1, 0.15) is 57.7 Å². The van der Waals surface area contributed by atoms with E-state index in [0.717, 1.165) is 36.3 Å². The van der Waals surface area contributed by atoms with E-state index in [1.54, 1.807) is 0 Å². The van der Waals surface area contributed by atoms with Crippen LogP contribution in [0.25, 0.3) is 0 Å². The maximum absolute atomic E-state index is 10.7. The highest BCUT2D eigenvalue weighted by molar-refractivity contribution is 7.99. The molecule has 2 rings (SSSR count). The van der Waals surface area contributed by atoms with Gasteiger partial charge in [-0.2, -0.15) is 0 Å². The van der Waals surface area contributed by atoms with Gasteiger partial charge in [0.2, 0.25) is 0 Å². The summed E-state index contributed by atoms with van der Waals surface area (Å²) in [6, 6.07) is 0. The van der Waals surface area contributed by atoms with Gasteiger partial charge in [-0.3, -0.25) is 4.79 Å². The van der Waals surface area contributed by atoms with Crippen molar-refractivity contribution in [1.82, 2.24) is 14.8 Å². The van der Waals surface area contributed by atoms with Crippen LogP contribution in [0, 0.1) is 5.92 Å². The molecular formula is C15H25N3O2S. The van der Waals surface area contributed by atoms with Gasteiger partial charge < -0.3 is 9.67 Å². The largest absolute Gasteiger partial charge is 0.481 e. The van der Waals surface area contributed by atoms with E-state index >= 15 is 0 Å². The van der Waals surface area contributed by atoms with Crippen LogP contribution < -0.4 is 0 Å². The zero-order chi connectivity index (χ0) is 15.1. The van der Waals surface area contributed by atoms with Crippen LogP contribution in [0.4, 0.5) is 0 Å². The van der Waals surface area contributed by atoms with Crippen LogP contribution in [-0.4, -0.2) is 31.6 Å². The second-order valence-electron chi connectivity index (χ2n) is 5.78. The molecule has 0 aromatic carbocycles. The number of aryl methyl sites for hydroxylation is 1. The molecule has 1 aliphatic rings. The number of carbonyl (C=O) groups is 1. The van der Waals surface area contributed by atoms with Gasteiger partial charge >= 0.3 is 5.97 Å². The van der Waals surface area contributed by atoms with Crippen molar-refractivity contribution in [3.05, 3.63) is 5.82 Å². The molecule has 1 heterocycles. The van der Waals surface area contributed by atoms with Crippen molar-refractivity contribution < 1.29 is 9.90 Å². The van der Waals surface area contributed by atoms with Crippen LogP contribution in [-0.2, 0) is 17.8 Å². The van der Waals surface area contributed by atoms with Crippen LogP contribution in [0.5, 0.6) is 0 Å². The third-order valence-corrected chi connectivity index (χ3v) is 5.02. The first-order valence-corrected chi connectivity index (χ1v) is 8.96. The lowest BCUT2D eigenvalue weighted by Crippen LogP contribution is -2.11. The van der Waals surface area contributed by atoms with Gasteiger partial charge in [0.05, 0.1) is 5.75 Å². The minimum Gasteiger partial charge on any atom is -0.481 e. The molecule has 1 saturated carbocycles. The second kappa shape index (κ2) is 8.41. The van der Waals surface area contributed by atoms with Gasteiger partial charge in [0.15, 0.2) is 5.16 Å². The third kappa shape index (κ3) is 5.02. The second-order valence-corrected chi connectivity index (χ2v) is 6.72. The van der Waals surface area contributed by atoms with E-state index in [-0.39, 0.29) is 5.75 Å². The van der Waals surface area contributed by atoms with Crippen LogP contribution in [0.15, 0.2) is 5.16 Å². The van der Waals surface area contributed by atoms with Gasteiger partial charge in [0.1, 0.15) is 5.82 Å². The summed E-state index contributed by atoms with van der Waals surface area (Å²) in [6.07, 6.45) is 9.98. The molecule has 1 aromatic heterocycles. The Balaban J connectivity index is 1.95. The first-order chi connectivity index (χ1) is 10.2. The lowest BCUT2D eigenvalue weighted by molar-refractivity contribution is -0.133. The van der Waals surface area contributed by atoms with Crippen molar-refractivity contribution >= 4 is 17.7 Å². The van der Waals surface area contributed by atoms with Gasteiger partial charge in [-0.25, -0.2) is 0 Å². The molecule has 1 fully saturated rings. The van der Waals surface area contributed by atoms with E-state index in [1.165, 1.54) is 50.3 Å². The Morgan fingerprint density at radius 2 is 2.10 bits per heavy atom.